The summed E-state index contributed by atoms with van der Waals surface area (Å²) >= 11 is 0. The van der Waals surface area contributed by atoms with Crippen molar-refractivity contribution in [2.24, 2.45) is 0 Å². The van der Waals surface area contributed by atoms with Crippen LogP contribution in [-0.4, -0.2) is 9.13 Å². The van der Waals surface area contributed by atoms with Gasteiger partial charge in [0.15, 0.2) is 0 Å². The maximum atomic E-state index is 2.41. The summed E-state index contributed by atoms with van der Waals surface area (Å²) < 4.78 is 4.82. The summed E-state index contributed by atoms with van der Waals surface area (Å²) in [6.45, 7) is 0. The van der Waals surface area contributed by atoms with Gasteiger partial charge < -0.3 is 9.13 Å². The molecule has 48 heavy (non-hydrogen) atoms. The van der Waals surface area contributed by atoms with Gasteiger partial charge in [-0.2, -0.15) is 0 Å². The molecule has 2 heteroatoms. The van der Waals surface area contributed by atoms with Crippen LogP contribution >= 0.6 is 0 Å². The fourth-order valence-electron chi connectivity index (χ4n) is 6.98. The highest BCUT2D eigenvalue weighted by Crippen LogP contribution is 2.39. The van der Waals surface area contributed by atoms with E-state index in [9.17, 15) is 0 Å². The topological polar surface area (TPSA) is 9.86 Å². The van der Waals surface area contributed by atoms with Gasteiger partial charge in [-0.25, -0.2) is 0 Å². The maximum absolute atomic E-state index is 2.41. The molecule has 0 saturated carbocycles. The van der Waals surface area contributed by atoms with Crippen molar-refractivity contribution in [1.82, 2.24) is 9.13 Å². The van der Waals surface area contributed by atoms with Crippen molar-refractivity contribution in [1.29, 1.82) is 0 Å². The van der Waals surface area contributed by atoms with E-state index in [0.29, 0.717) is 0 Å². The molecule has 0 aliphatic rings. The second-order valence-electron chi connectivity index (χ2n) is 12.3. The van der Waals surface area contributed by atoms with Crippen LogP contribution < -0.4 is 0 Å². The summed E-state index contributed by atoms with van der Waals surface area (Å²) in [5.74, 6) is 0. The van der Waals surface area contributed by atoms with Crippen LogP contribution in [0.5, 0.6) is 0 Å². The first-order valence-electron chi connectivity index (χ1n) is 16.4. The first-order chi connectivity index (χ1) is 23.8. The third-order valence-electron chi connectivity index (χ3n) is 9.33. The zero-order chi connectivity index (χ0) is 31.9. The van der Waals surface area contributed by atoms with Crippen LogP contribution in [0.25, 0.3) is 77.9 Å². The fraction of sp³-hybridized carbons (Fsp3) is 0. The largest absolute Gasteiger partial charge is 0.309 e. The minimum absolute atomic E-state index is 1.14. The second kappa shape index (κ2) is 11.8. The number of nitrogens with zero attached hydrogens (tertiary/aromatic N) is 2. The molecule has 7 aromatic carbocycles. The van der Waals surface area contributed by atoms with E-state index in [0.717, 1.165) is 11.4 Å². The second-order valence-corrected chi connectivity index (χ2v) is 12.3. The molecule has 2 aromatic heterocycles. The van der Waals surface area contributed by atoms with Crippen LogP contribution in [0.3, 0.4) is 0 Å². The molecule has 0 spiro atoms. The molecule has 9 rings (SSSR count). The number of benzene rings is 7. The summed E-state index contributed by atoms with van der Waals surface area (Å²) in [5, 5.41) is 2.40. The lowest BCUT2D eigenvalue weighted by Gasteiger charge is -2.13. The van der Waals surface area contributed by atoms with Gasteiger partial charge in [-0.1, -0.05) is 146 Å². The van der Waals surface area contributed by atoms with Gasteiger partial charge in [0, 0.05) is 22.1 Å². The Labute approximate surface area is 280 Å². The average molecular weight is 613 g/mol. The van der Waals surface area contributed by atoms with Gasteiger partial charge in [0.25, 0.3) is 0 Å². The lowest BCUT2D eigenvalue weighted by Crippen LogP contribution is -1.98. The minimum Gasteiger partial charge on any atom is -0.309 e. The molecule has 0 unspecified atom stereocenters. The smallest absolute Gasteiger partial charge is 0.0542 e. The minimum atomic E-state index is 1.14. The molecule has 0 bridgehead atoms. The van der Waals surface area contributed by atoms with Gasteiger partial charge in [0.1, 0.15) is 0 Å². The number of aromatic nitrogens is 2. The Kier molecular flexibility index (Phi) is 6.84. The molecule has 0 atom stereocenters. The van der Waals surface area contributed by atoms with Crippen LogP contribution in [0.4, 0.5) is 0 Å². The molecule has 0 fully saturated rings. The predicted molar refractivity (Wildman–Crippen MR) is 202 cm³/mol. The Morgan fingerprint density at radius 3 is 0.875 bits per heavy atom. The van der Waals surface area contributed by atoms with Gasteiger partial charge in [-0.05, 0) is 81.9 Å². The molecular formula is C46H32N2. The first kappa shape index (κ1) is 27.9. The lowest BCUT2D eigenvalue weighted by molar-refractivity contribution is 1.13. The molecule has 2 heterocycles. The molecule has 9 aromatic rings. The molecular weight excluding hydrogens is 581 g/mol. The zero-order valence-corrected chi connectivity index (χ0v) is 26.4. The van der Waals surface area contributed by atoms with Crippen LogP contribution in [0.1, 0.15) is 0 Å². The molecule has 0 amide bonds. The number of hydrogen-bond acceptors (Lipinski definition) is 0. The summed E-state index contributed by atoms with van der Waals surface area (Å²) in [4.78, 5) is 0. The van der Waals surface area contributed by atoms with Crippen molar-refractivity contribution in [3.63, 3.8) is 0 Å². The Morgan fingerprint density at radius 2 is 0.542 bits per heavy atom. The third kappa shape index (κ3) is 4.92. The van der Waals surface area contributed by atoms with Crippen LogP contribution in [0.15, 0.2) is 194 Å². The van der Waals surface area contributed by atoms with Gasteiger partial charge in [-0.15, -0.1) is 0 Å². The molecule has 0 radical (unpaired) electrons. The Hall–Kier alpha value is -6.38. The van der Waals surface area contributed by atoms with Crippen molar-refractivity contribution in [2.75, 3.05) is 0 Å². The lowest BCUT2D eigenvalue weighted by atomic mass is 10.1. The average Bonchev–Trinajstić information content (AvgIpc) is 3.73. The predicted octanol–water partition coefficient (Wildman–Crippen LogP) is 12.2. The maximum Gasteiger partial charge on any atom is 0.0542 e. The summed E-state index contributed by atoms with van der Waals surface area (Å²) in [6, 6.07) is 69.9. The van der Waals surface area contributed by atoms with E-state index in [1.807, 2.05) is 0 Å². The van der Waals surface area contributed by atoms with E-state index in [-0.39, 0.29) is 0 Å². The molecule has 2 nitrogen and oxygen atoms in total. The van der Waals surface area contributed by atoms with Gasteiger partial charge in [-0.3, -0.25) is 0 Å². The molecule has 0 N–H and O–H groups in total. The number of rotatable bonds is 6. The first-order valence-corrected chi connectivity index (χ1v) is 16.4. The molecule has 0 aliphatic heterocycles. The fourth-order valence-corrected chi connectivity index (χ4v) is 6.98. The van der Waals surface area contributed by atoms with Crippen molar-refractivity contribution in [3.8, 4) is 56.1 Å². The zero-order valence-electron chi connectivity index (χ0n) is 26.4. The molecule has 226 valence electrons. The summed E-state index contributed by atoms with van der Waals surface area (Å²) in [6.07, 6.45) is 0. The molecule has 0 aliphatic carbocycles. The standard InChI is InChI=1S/C46H32N2/c1-5-13-33(14-6-1)35-21-25-41(26-22-35)47-43(37-17-9-3-10-18-37)29-39-32-46-40(31-45(39)47)30-44(38-19-11-4-12-20-38)48(46)42-27-23-36(24-28-42)34-15-7-2-8-16-34/h1-32H. The van der Waals surface area contributed by atoms with Gasteiger partial charge in [0.05, 0.1) is 22.4 Å². The monoisotopic (exact) mass is 612 g/mol. The van der Waals surface area contributed by atoms with E-state index in [2.05, 4.69) is 203 Å². The quantitative estimate of drug-likeness (QED) is 0.177. The van der Waals surface area contributed by atoms with E-state index in [1.54, 1.807) is 0 Å². The number of fused-ring (bicyclic) bond motifs is 2. The Bertz CT molecular complexity index is 2310. The Morgan fingerprint density at radius 1 is 0.250 bits per heavy atom. The van der Waals surface area contributed by atoms with Crippen LogP contribution in [0, 0.1) is 0 Å². The highest BCUT2D eigenvalue weighted by Gasteiger charge is 2.18. The van der Waals surface area contributed by atoms with E-state index in [1.165, 1.54) is 66.6 Å². The van der Waals surface area contributed by atoms with E-state index < -0.39 is 0 Å². The summed E-state index contributed by atoms with van der Waals surface area (Å²) in [5.41, 5.74) is 14.2. The van der Waals surface area contributed by atoms with Crippen molar-refractivity contribution in [3.05, 3.63) is 194 Å². The SMILES string of the molecule is c1ccc(-c2ccc(-n3c(-c4ccccc4)cc4cc5c(cc(-c6ccccc6)n5-c5ccc(-c6ccccc6)cc5)cc43)cc2)cc1. The van der Waals surface area contributed by atoms with Crippen molar-refractivity contribution in [2.45, 2.75) is 0 Å². The third-order valence-corrected chi connectivity index (χ3v) is 9.33. The van der Waals surface area contributed by atoms with Gasteiger partial charge in [0.2, 0.25) is 0 Å². The van der Waals surface area contributed by atoms with E-state index >= 15 is 0 Å². The molecule has 0 saturated heterocycles. The Balaban J connectivity index is 1.25. The van der Waals surface area contributed by atoms with Crippen molar-refractivity contribution >= 4 is 21.8 Å². The number of hydrogen-bond donors (Lipinski definition) is 0. The highest BCUT2D eigenvalue weighted by atomic mass is 15.0. The van der Waals surface area contributed by atoms with Crippen molar-refractivity contribution < 1.29 is 0 Å². The normalized spacial score (nSPS) is 11.3. The van der Waals surface area contributed by atoms with Crippen LogP contribution in [-0.2, 0) is 0 Å². The summed E-state index contributed by atoms with van der Waals surface area (Å²) in [7, 11) is 0. The van der Waals surface area contributed by atoms with Gasteiger partial charge >= 0.3 is 0 Å². The van der Waals surface area contributed by atoms with E-state index in [4.69, 9.17) is 0 Å². The highest BCUT2D eigenvalue weighted by molar-refractivity contribution is 6.02. The van der Waals surface area contributed by atoms with Crippen LogP contribution in [0.2, 0.25) is 0 Å².